The lowest BCUT2D eigenvalue weighted by Gasteiger charge is -2.08. The van der Waals surface area contributed by atoms with Crippen molar-refractivity contribution < 1.29 is 9.53 Å². The van der Waals surface area contributed by atoms with Crippen LogP contribution in [0, 0.1) is 0 Å². The number of pyridine rings is 1. The van der Waals surface area contributed by atoms with Gasteiger partial charge in [-0.05, 0) is 42.2 Å². The summed E-state index contributed by atoms with van der Waals surface area (Å²) in [5, 5.41) is 2.73. The lowest BCUT2D eigenvalue weighted by molar-refractivity contribution is -0.111. The van der Waals surface area contributed by atoms with Gasteiger partial charge in [-0.15, -0.1) is 0 Å². The first kappa shape index (κ1) is 16.7. The number of ether oxygens (including phenoxy) is 1. The van der Waals surface area contributed by atoms with Crippen LogP contribution in [0.2, 0.25) is 0 Å². The molecule has 0 atom stereocenters. The van der Waals surface area contributed by atoms with E-state index in [4.69, 9.17) is 4.74 Å². The molecule has 0 aliphatic heterocycles. The predicted molar refractivity (Wildman–Crippen MR) is 93.6 cm³/mol. The molecule has 0 saturated carbocycles. The molecular formula is C19H22N2O2. The highest BCUT2D eigenvalue weighted by Gasteiger charge is 2.06. The number of rotatable bonds is 6. The van der Waals surface area contributed by atoms with Crippen molar-refractivity contribution in [3.05, 3.63) is 59.8 Å². The van der Waals surface area contributed by atoms with Gasteiger partial charge in [0, 0.05) is 12.3 Å². The van der Waals surface area contributed by atoms with Crippen LogP contribution >= 0.6 is 0 Å². The highest BCUT2D eigenvalue weighted by Crippen LogP contribution is 2.20. The van der Waals surface area contributed by atoms with Crippen molar-refractivity contribution in [2.75, 3.05) is 11.9 Å². The molecule has 1 aromatic heterocycles. The minimum atomic E-state index is -0.238. The summed E-state index contributed by atoms with van der Waals surface area (Å²) >= 11 is 0. The molecule has 0 spiro atoms. The Morgan fingerprint density at radius 1 is 1.26 bits per heavy atom. The second-order valence-corrected chi connectivity index (χ2v) is 5.43. The smallest absolute Gasteiger partial charge is 0.249 e. The van der Waals surface area contributed by atoms with Gasteiger partial charge in [0.1, 0.15) is 0 Å². The molecule has 0 fully saturated rings. The van der Waals surface area contributed by atoms with Crippen LogP contribution in [0.1, 0.15) is 37.8 Å². The average Bonchev–Trinajstić information content (AvgIpc) is 2.55. The Bertz CT molecular complexity index is 676. The number of benzene rings is 1. The van der Waals surface area contributed by atoms with Gasteiger partial charge in [0.2, 0.25) is 5.91 Å². The van der Waals surface area contributed by atoms with E-state index in [0.717, 1.165) is 5.56 Å². The topological polar surface area (TPSA) is 51.2 Å². The van der Waals surface area contributed by atoms with Gasteiger partial charge < -0.3 is 10.1 Å². The molecule has 0 aliphatic carbocycles. The molecule has 1 N–H and O–H groups in total. The maximum Gasteiger partial charge on any atom is 0.249 e. The second kappa shape index (κ2) is 8.13. The Hall–Kier alpha value is -2.62. The van der Waals surface area contributed by atoms with Gasteiger partial charge in [0.05, 0.1) is 6.61 Å². The van der Waals surface area contributed by atoms with Crippen molar-refractivity contribution in [2.45, 2.75) is 26.7 Å². The van der Waals surface area contributed by atoms with Crippen LogP contribution in [0.15, 0.2) is 48.7 Å². The number of nitrogens with one attached hydrogen (secondary N) is 1. The Balaban J connectivity index is 2.01. The molecule has 1 amide bonds. The standard InChI is InChI=1S/C19H22N2O2/c1-4-23-17-6-5-13-20-19(17)21-18(22)12-9-15-7-10-16(11-8-15)14(2)3/h5-14H,4H2,1-3H3,(H,20,21,22)/b12-9+. The molecule has 4 heteroatoms. The molecule has 120 valence electrons. The molecule has 23 heavy (non-hydrogen) atoms. The minimum absolute atomic E-state index is 0.238. The summed E-state index contributed by atoms with van der Waals surface area (Å²) in [5.41, 5.74) is 2.26. The lowest BCUT2D eigenvalue weighted by Crippen LogP contribution is -2.10. The predicted octanol–water partition coefficient (Wildman–Crippen LogP) is 4.26. The molecule has 2 aromatic rings. The number of hydrogen-bond donors (Lipinski definition) is 1. The third-order valence-electron chi connectivity index (χ3n) is 3.34. The molecule has 0 aliphatic rings. The van der Waals surface area contributed by atoms with Crippen molar-refractivity contribution in [3.63, 3.8) is 0 Å². The molecule has 1 aromatic carbocycles. The van der Waals surface area contributed by atoms with Crippen molar-refractivity contribution in [2.24, 2.45) is 0 Å². The van der Waals surface area contributed by atoms with Crippen LogP contribution in [-0.4, -0.2) is 17.5 Å². The SMILES string of the molecule is CCOc1cccnc1NC(=O)/C=C/c1ccc(C(C)C)cc1. The first-order chi connectivity index (χ1) is 11.1. The van der Waals surface area contributed by atoms with Gasteiger partial charge in [0.25, 0.3) is 0 Å². The van der Waals surface area contributed by atoms with Crippen LogP contribution in [0.5, 0.6) is 5.75 Å². The normalized spacial score (nSPS) is 11.0. The van der Waals surface area contributed by atoms with Crippen LogP contribution < -0.4 is 10.1 Å². The van der Waals surface area contributed by atoms with Gasteiger partial charge in [-0.3, -0.25) is 4.79 Å². The maximum atomic E-state index is 12.0. The highest BCUT2D eigenvalue weighted by atomic mass is 16.5. The fourth-order valence-corrected chi connectivity index (χ4v) is 2.08. The molecule has 0 unspecified atom stereocenters. The molecule has 4 nitrogen and oxygen atoms in total. The van der Waals surface area contributed by atoms with E-state index in [1.54, 1.807) is 24.4 Å². The van der Waals surface area contributed by atoms with E-state index in [-0.39, 0.29) is 5.91 Å². The van der Waals surface area contributed by atoms with Gasteiger partial charge in [-0.25, -0.2) is 4.98 Å². The van der Waals surface area contributed by atoms with E-state index in [2.05, 4.69) is 36.3 Å². The summed E-state index contributed by atoms with van der Waals surface area (Å²) in [6.07, 6.45) is 4.89. The quantitative estimate of drug-likeness (QED) is 0.811. The van der Waals surface area contributed by atoms with Gasteiger partial charge >= 0.3 is 0 Å². The second-order valence-electron chi connectivity index (χ2n) is 5.43. The summed E-state index contributed by atoms with van der Waals surface area (Å²) in [4.78, 5) is 16.2. The Labute approximate surface area is 137 Å². The van der Waals surface area contributed by atoms with Gasteiger partial charge in [-0.1, -0.05) is 38.1 Å². The Morgan fingerprint density at radius 3 is 2.65 bits per heavy atom. The van der Waals surface area contributed by atoms with E-state index in [0.29, 0.717) is 24.1 Å². The monoisotopic (exact) mass is 310 g/mol. The van der Waals surface area contributed by atoms with Crippen LogP contribution in [0.3, 0.4) is 0 Å². The summed E-state index contributed by atoms with van der Waals surface area (Å²) < 4.78 is 5.43. The molecule has 0 radical (unpaired) electrons. The highest BCUT2D eigenvalue weighted by molar-refractivity contribution is 6.02. The zero-order chi connectivity index (χ0) is 16.7. The summed E-state index contributed by atoms with van der Waals surface area (Å²) in [7, 11) is 0. The third kappa shape index (κ3) is 4.95. The van der Waals surface area contributed by atoms with E-state index in [9.17, 15) is 4.79 Å². The van der Waals surface area contributed by atoms with Crippen molar-refractivity contribution in [1.29, 1.82) is 0 Å². The number of carbonyl (C=O) groups excluding carboxylic acids is 1. The van der Waals surface area contributed by atoms with E-state index in [1.807, 2.05) is 19.1 Å². The third-order valence-corrected chi connectivity index (χ3v) is 3.34. The van der Waals surface area contributed by atoms with Crippen molar-refractivity contribution in [3.8, 4) is 5.75 Å². The summed E-state index contributed by atoms with van der Waals surface area (Å²) in [5.74, 6) is 1.26. The summed E-state index contributed by atoms with van der Waals surface area (Å²) in [6, 6.07) is 11.7. The maximum absolute atomic E-state index is 12.0. The molecule has 2 rings (SSSR count). The van der Waals surface area contributed by atoms with Crippen LogP contribution in [-0.2, 0) is 4.79 Å². The van der Waals surface area contributed by atoms with Gasteiger partial charge in [-0.2, -0.15) is 0 Å². The van der Waals surface area contributed by atoms with Crippen molar-refractivity contribution >= 4 is 17.8 Å². The molecule has 0 bridgehead atoms. The summed E-state index contributed by atoms with van der Waals surface area (Å²) in [6.45, 7) is 6.72. The fraction of sp³-hybridized carbons (Fsp3) is 0.263. The van der Waals surface area contributed by atoms with E-state index >= 15 is 0 Å². The first-order valence-electron chi connectivity index (χ1n) is 7.77. The average molecular weight is 310 g/mol. The zero-order valence-electron chi connectivity index (χ0n) is 13.7. The Kier molecular flexibility index (Phi) is 5.92. The number of carbonyl (C=O) groups is 1. The van der Waals surface area contributed by atoms with Crippen LogP contribution in [0.25, 0.3) is 6.08 Å². The molecule has 0 saturated heterocycles. The minimum Gasteiger partial charge on any atom is -0.490 e. The number of nitrogens with zero attached hydrogens (tertiary/aromatic N) is 1. The number of hydrogen-bond acceptors (Lipinski definition) is 3. The van der Waals surface area contributed by atoms with E-state index < -0.39 is 0 Å². The van der Waals surface area contributed by atoms with Gasteiger partial charge in [0.15, 0.2) is 11.6 Å². The number of aromatic nitrogens is 1. The number of anilines is 1. The molecule has 1 heterocycles. The lowest BCUT2D eigenvalue weighted by atomic mass is 10.0. The van der Waals surface area contributed by atoms with Crippen LogP contribution in [0.4, 0.5) is 5.82 Å². The Morgan fingerprint density at radius 2 is 2.00 bits per heavy atom. The van der Waals surface area contributed by atoms with E-state index in [1.165, 1.54) is 11.6 Å². The molecular weight excluding hydrogens is 288 g/mol. The zero-order valence-corrected chi connectivity index (χ0v) is 13.7. The number of amides is 1. The fourth-order valence-electron chi connectivity index (χ4n) is 2.08. The first-order valence-corrected chi connectivity index (χ1v) is 7.77. The largest absolute Gasteiger partial charge is 0.490 e. The van der Waals surface area contributed by atoms with Crippen molar-refractivity contribution in [1.82, 2.24) is 4.98 Å².